The highest BCUT2D eigenvalue weighted by molar-refractivity contribution is 9.10. The first-order valence-electron chi connectivity index (χ1n) is 4.47. The lowest BCUT2D eigenvalue weighted by Gasteiger charge is -2.01. The number of hydrogen-bond donors (Lipinski definition) is 1. The van der Waals surface area contributed by atoms with E-state index in [1.807, 2.05) is 0 Å². The number of aromatic nitrogens is 3. The van der Waals surface area contributed by atoms with Crippen molar-refractivity contribution in [2.45, 2.75) is 0 Å². The van der Waals surface area contributed by atoms with Gasteiger partial charge in [-0.3, -0.25) is 10.1 Å². The Hall–Kier alpha value is -1.54. The molecule has 2 aromatic rings. The molecule has 0 bridgehead atoms. The van der Waals surface area contributed by atoms with Crippen LogP contribution in [0.25, 0.3) is 0 Å². The third kappa shape index (κ3) is 2.98. The molecule has 0 saturated heterocycles. The molecule has 0 unspecified atom stereocenters. The van der Waals surface area contributed by atoms with Gasteiger partial charge in [0.05, 0.1) is 12.7 Å². The first-order chi connectivity index (χ1) is 8.19. The second-order valence-corrected chi connectivity index (χ2v) is 4.56. The Bertz CT molecular complexity index is 528. The Labute approximate surface area is 109 Å². The first-order valence-corrected chi connectivity index (χ1v) is 6.14. The molecule has 8 heteroatoms. The van der Waals surface area contributed by atoms with Gasteiger partial charge in [0, 0.05) is 17.8 Å². The van der Waals surface area contributed by atoms with Crippen LogP contribution in [0.5, 0.6) is 6.01 Å². The number of ether oxygens (including phenoxy) is 1. The van der Waals surface area contributed by atoms with Gasteiger partial charge in [0.1, 0.15) is 4.60 Å². The Morgan fingerprint density at radius 3 is 2.71 bits per heavy atom. The summed E-state index contributed by atoms with van der Waals surface area (Å²) >= 11 is 4.53. The number of halogens is 1. The number of rotatable bonds is 3. The van der Waals surface area contributed by atoms with Crippen LogP contribution in [0.1, 0.15) is 10.4 Å². The van der Waals surface area contributed by atoms with E-state index >= 15 is 0 Å². The number of carbonyl (C=O) groups is 1. The van der Waals surface area contributed by atoms with Crippen molar-refractivity contribution in [2.75, 3.05) is 12.4 Å². The van der Waals surface area contributed by atoms with Crippen LogP contribution in [0, 0.1) is 0 Å². The van der Waals surface area contributed by atoms with Crippen LogP contribution in [0.3, 0.4) is 0 Å². The molecule has 2 aromatic heterocycles. The van der Waals surface area contributed by atoms with Crippen molar-refractivity contribution >= 4 is 38.3 Å². The zero-order valence-corrected chi connectivity index (χ0v) is 11.1. The summed E-state index contributed by atoms with van der Waals surface area (Å²) in [4.78, 5) is 23.5. The molecule has 1 amide bonds. The molecule has 2 rings (SSSR count). The average molecular weight is 315 g/mol. The van der Waals surface area contributed by atoms with E-state index in [0.717, 1.165) is 0 Å². The molecular weight excluding hydrogens is 308 g/mol. The van der Waals surface area contributed by atoms with Crippen molar-refractivity contribution < 1.29 is 9.53 Å². The summed E-state index contributed by atoms with van der Waals surface area (Å²) in [5.74, 6) is -0.311. The minimum Gasteiger partial charge on any atom is -0.467 e. The van der Waals surface area contributed by atoms with Crippen molar-refractivity contribution in [1.82, 2.24) is 15.0 Å². The first kappa shape index (κ1) is 11.9. The van der Waals surface area contributed by atoms with E-state index in [0.29, 0.717) is 15.3 Å². The molecule has 0 aromatic carbocycles. The molecule has 0 fully saturated rings. The highest BCUT2D eigenvalue weighted by Crippen LogP contribution is 2.19. The minimum absolute atomic E-state index is 0.221. The molecule has 0 saturated carbocycles. The van der Waals surface area contributed by atoms with Gasteiger partial charge >= 0.3 is 6.01 Å². The summed E-state index contributed by atoms with van der Waals surface area (Å²) in [5, 5.41) is 4.92. The zero-order chi connectivity index (χ0) is 12.3. The van der Waals surface area contributed by atoms with E-state index in [9.17, 15) is 4.79 Å². The summed E-state index contributed by atoms with van der Waals surface area (Å²) in [6.07, 6.45) is 2.79. The van der Waals surface area contributed by atoms with Crippen molar-refractivity contribution in [2.24, 2.45) is 0 Å². The summed E-state index contributed by atoms with van der Waals surface area (Å²) in [6, 6.07) is 0.221. The smallest absolute Gasteiger partial charge is 0.316 e. The van der Waals surface area contributed by atoms with Crippen LogP contribution in [0.4, 0.5) is 5.13 Å². The van der Waals surface area contributed by atoms with Gasteiger partial charge in [0.2, 0.25) is 0 Å². The van der Waals surface area contributed by atoms with Crippen LogP contribution < -0.4 is 10.1 Å². The van der Waals surface area contributed by atoms with Crippen LogP contribution >= 0.6 is 27.3 Å². The third-order valence-electron chi connectivity index (χ3n) is 1.77. The Balaban J connectivity index is 2.09. The van der Waals surface area contributed by atoms with Gasteiger partial charge in [-0.15, -0.1) is 11.3 Å². The highest BCUT2D eigenvalue weighted by atomic mass is 79.9. The molecule has 88 valence electrons. The monoisotopic (exact) mass is 314 g/mol. The molecule has 17 heavy (non-hydrogen) atoms. The van der Waals surface area contributed by atoms with Crippen LogP contribution in [0.15, 0.2) is 22.4 Å². The Kier molecular flexibility index (Phi) is 3.64. The summed E-state index contributed by atoms with van der Waals surface area (Å²) < 4.78 is 5.48. The topological polar surface area (TPSA) is 77.0 Å². The van der Waals surface area contributed by atoms with E-state index in [2.05, 4.69) is 36.2 Å². The lowest BCUT2D eigenvalue weighted by Crippen LogP contribution is -2.12. The fourth-order valence-corrected chi connectivity index (χ4v) is 2.16. The number of carbonyl (C=O) groups excluding carboxylic acids is 1. The quantitative estimate of drug-likeness (QED) is 0.937. The standard InChI is InChI=1S/C9H7BrN4O2S/c1-16-8-11-2-5(3-12-8)7(15)14-9-13-6(10)4-17-9/h2-4H,1H3,(H,13,14,15). The molecule has 1 N–H and O–H groups in total. The van der Waals surface area contributed by atoms with Gasteiger partial charge in [0.15, 0.2) is 5.13 Å². The predicted octanol–water partition coefficient (Wildman–Crippen LogP) is 1.96. The number of nitrogens with one attached hydrogen (secondary N) is 1. The molecule has 0 radical (unpaired) electrons. The van der Waals surface area contributed by atoms with Gasteiger partial charge < -0.3 is 4.74 Å². The maximum atomic E-state index is 11.7. The summed E-state index contributed by atoms with van der Waals surface area (Å²) in [7, 11) is 1.46. The van der Waals surface area contributed by atoms with Crippen molar-refractivity contribution in [1.29, 1.82) is 0 Å². The van der Waals surface area contributed by atoms with Gasteiger partial charge in [-0.1, -0.05) is 0 Å². The maximum Gasteiger partial charge on any atom is 0.316 e. The normalized spacial score (nSPS) is 10.0. The Morgan fingerprint density at radius 2 is 2.18 bits per heavy atom. The van der Waals surface area contributed by atoms with Gasteiger partial charge in [0.25, 0.3) is 5.91 Å². The summed E-state index contributed by atoms with van der Waals surface area (Å²) in [5.41, 5.74) is 0.345. The lowest BCUT2D eigenvalue weighted by atomic mass is 10.3. The minimum atomic E-state index is -0.311. The molecular formula is C9H7BrN4O2S. The molecule has 2 heterocycles. The molecule has 0 aliphatic heterocycles. The number of anilines is 1. The maximum absolute atomic E-state index is 11.7. The van der Waals surface area contributed by atoms with Crippen LogP contribution in [-0.2, 0) is 0 Å². The molecule has 0 atom stereocenters. The third-order valence-corrected chi connectivity index (χ3v) is 3.24. The van der Waals surface area contributed by atoms with Gasteiger partial charge in [-0.25, -0.2) is 15.0 Å². The fraction of sp³-hybridized carbons (Fsp3) is 0.111. The predicted molar refractivity (Wildman–Crippen MR) is 66.4 cm³/mol. The van der Waals surface area contributed by atoms with Crippen molar-refractivity contribution in [3.8, 4) is 6.01 Å². The lowest BCUT2D eigenvalue weighted by molar-refractivity contribution is 0.102. The largest absolute Gasteiger partial charge is 0.467 e. The number of hydrogen-bond acceptors (Lipinski definition) is 6. The molecule has 6 nitrogen and oxygen atoms in total. The van der Waals surface area contributed by atoms with Crippen molar-refractivity contribution in [3.05, 3.63) is 27.9 Å². The Morgan fingerprint density at radius 1 is 1.47 bits per heavy atom. The van der Waals surface area contributed by atoms with Crippen LogP contribution in [0.2, 0.25) is 0 Å². The summed E-state index contributed by atoms with van der Waals surface area (Å²) in [6.45, 7) is 0. The van der Waals surface area contributed by atoms with Crippen LogP contribution in [-0.4, -0.2) is 28.0 Å². The molecule has 0 aliphatic rings. The van der Waals surface area contributed by atoms with Gasteiger partial charge in [-0.2, -0.15) is 0 Å². The number of methoxy groups -OCH3 is 1. The average Bonchev–Trinajstić information content (AvgIpc) is 2.75. The van der Waals surface area contributed by atoms with E-state index in [1.54, 1.807) is 5.38 Å². The van der Waals surface area contributed by atoms with Crippen molar-refractivity contribution in [3.63, 3.8) is 0 Å². The number of amides is 1. The van der Waals surface area contributed by atoms with E-state index < -0.39 is 0 Å². The van der Waals surface area contributed by atoms with E-state index in [1.165, 1.54) is 30.8 Å². The van der Waals surface area contributed by atoms with E-state index in [-0.39, 0.29) is 11.9 Å². The second-order valence-electron chi connectivity index (χ2n) is 2.89. The van der Waals surface area contributed by atoms with E-state index in [4.69, 9.17) is 4.74 Å². The molecule has 0 aliphatic carbocycles. The fourth-order valence-electron chi connectivity index (χ4n) is 1.02. The molecule has 0 spiro atoms. The zero-order valence-electron chi connectivity index (χ0n) is 8.68. The SMILES string of the molecule is COc1ncc(C(=O)Nc2nc(Br)cs2)cn1. The second kappa shape index (κ2) is 5.19. The number of thiazole rings is 1. The van der Waals surface area contributed by atoms with Gasteiger partial charge in [-0.05, 0) is 15.9 Å². The highest BCUT2D eigenvalue weighted by Gasteiger charge is 2.09. The number of nitrogens with zero attached hydrogens (tertiary/aromatic N) is 3.